The van der Waals surface area contributed by atoms with Crippen LogP contribution in [0.2, 0.25) is 0 Å². The van der Waals surface area contributed by atoms with Gasteiger partial charge in [0.1, 0.15) is 17.9 Å². The summed E-state index contributed by atoms with van der Waals surface area (Å²) in [5.74, 6) is 0.0381. The molecular weight excluding hydrogens is 410 g/mol. The largest absolute Gasteiger partial charge is 0.445 e. The molecule has 1 saturated heterocycles. The fourth-order valence-electron chi connectivity index (χ4n) is 4.45. The zero-order valence-electron chi connectivity index (χ0n) is 18.4. The minimum atomic E-state index is -0.806. The maximum Gasteiger partial charge on any atom is 0.404 e. The number of nitrogens with two attached hydrogens (primary N) is 2. The first-order valence-electron chi connectivity index (χ1n) is 10.4. The first kappa shape index (κ1) is 21.5. The van der Waals surface area contributed by atoms with Crippen LogP contribution in [-0.2, 0) is 4.74 Å². The smallest absolute Gasteiger partial charge is 0.404 e. The van der Waals surface area contributed by atoms with Gasteiger partial charge in [-0.1, -0.05) is 20.8 Å². The summed E-state index contributed by atoms with van der Waals surface area (Å²) < 4.78 is 7.07. The Balaban J connectivity index is 1.67. The van der Waals surface area contributed by atoms with Gasteiger partial charge in [-0.2, -0.15) is 5.10 Å². The van der Waals surface area contributed by atoms with Crippen molar-refractivity contribution in [2.45, 2.75) is 33.3 Å². The molecule has 0 aliphatic carbocycles. The Morgan fingerprint density at radius 1 is 1.25 bits per heavy atom. The minimum Gasteiger partial charge on any atom is -0.445 e. The van der Waals surface area contributed by atoms with Crippen LogP contribution in [0.15, 0.2) is 36.9 Å². The molecule has 3 aromatic heterocycles. The molecular formula is C22H27N7O3. The first-order valence-corrected chi connectivity index (χ1v) is 10.4. The first-order chi connectivity index (χ1) is 15.2. The summed E-state index contributed by atoms with van der Waals surface area (Å²) in [5.41, 5.74) is 13.6. The predicted molar refractivity (Wildman–Crippen MR) is 119 cm³/mol. The van der Waals surface area contributed by atoms with Gasteiger partial charge in [-0.05, 0) is 30.0 Å². The zero-order chi connectivity index (χ0) is 23.0. The van der Waals surface area contributed by atoms with Crippen molar-refractivity contribution in [3.63, 3.8) is 0 Å². The number of hydrogen-bond acceptors (Lipinski definition) is 7. The fraction of sp³-hybridized carbons (Fsp3) is 0.409. The molecule has 2 unspecified atom stereocenters. The van der Waals surface area contributed by atoms with Gasteiger partial charge in [-0.3, -0.25) is 9.78 Å². The monoisotopic (exact) mass is 437 g/mol. The van der Waals surface area contributed by atoms with Crippen LogP contribution in [0, 0.1) is 11.3 Å². The number of carbonyl (C=O) groups excluding carboxylic acids is 2. The lowest BCUT2D eigenvalue weighted by Gasteiger charge is -2.34. The average Bonchev–Trinajstić information content (AvgIpc) is 3.37. The van der Waals surface area contributed by atoms with Crippen molar-refractivity contribution < 1.29 is 14.3 Å². The highest BCUT2D eigenvalue weighted by atomic mass is 16.6. The second-order valence-corrected chi connectivity index (χ2v) is 9.11. The Bertz CT molecular complexity index is 1150. The van der Waals surface area contributed by atoms with E-state index in [1.807, 2.05) is 32.9 Å². The van der Waals surface area contributed by atoms with E-state index < -0.39 is 12.2 Å². The molecule has 0 aromatic carbocycles. The second-order valence-electron chi connectivity index (χ2n) is 9.11. The molecule has 0 saturated carbocycles. The van der Waals surface area contributed by atoms with Crippen LogP contribution in [0.4, 0.5) is 10.6 Å². The number of ether oxygens (including phenoxy) is 1. The molecule has 4 rings (SSSR count). The van der Waals surface area contributed by atoms with Gasteiger partial charge in [0.25, 0.3) is 5.91 Å². The lowest BCUT2D eigenvalue weighted by Crippen LogP contribution is -2.41. The molecule has 1 fully saturated rings. The minimum absolute atomic E-state index is 0.0198. The third-order valence-electron chi connectivity index (χ3n) is 5.83. The number of amides is 2. The Labute approximate surface area is 185 Å². The summed E-state index contributed by atoms with van der Waals surface area (Å²) in [7, 11) is 0. The maximum atomic E-state index is 13.6. The lowest BCUT2D eigenvalue weighted by atomic mass is 9.80. The second kappa shape index (κ2) is 8.10. The lowest BCUT2D eigenvalue weighted by molar-refractivity contribution is -0.000574. The van der Waals surface area contributed by atoms with Crippen LogP contribution in [0.1, 0.15) is 37.6 Å². The number of anilines is 1. The number of nitrogen functional groups attached to an aromatic ring is 1. The van der Waals surface area contributed by atoms with E-state index in [9.17, 15) is 9.59 Å². The number of fused-ring (bicyclic) bond motifs is 1. The van der Waals surface area contributed by atoms with Crippen molar-refractivity contribution in [3.8, 4) is 11.3 Å². The molecule has 2 amide bonds. The molecule has 4 N–H and O–H groups in total. The Morgan fingerprint density at radius 3 is 2.62 bits per heavy atom. The van der Waals surface area contributed by atoms with E-state index >= 15 is 0 Å². The number of likely N-dealkylation sites (tertiary alicyclic amines) is 1. The molecule has 3 aromatic rings. The van der Waals surface area contributed by atoms with E-state index in [4.69, 9.17) is 16.2 Å². The number of aromatic nitrogens is 4. The van der Waals surface area contributed by atoms with Crippen molar-refractivity contribution in [3.05, 3.63) is 42.5 Å². The van der Waals surface area contributed by atoms with Crippen molar-refractivity contribution in [2.24, 2.45) is 17.1 Å². The van der Waals surface area contributed by atoms with Gasteiger partial charge in [-0.15, -0.1) is 0 Å². The molecule has 1 aliphatic heterocycles. The van der Waals surface area contributed by atoms with Crippen molar-refractivity contribution in [2.75, 3.05) is 18.8 Å². The SMILES string of the molecule is CC(C)(C)C(OC(N)=O)C1CCN(C(=O)c2cc(-c3ccncc3)n3ncnc(N)c23)C1. The van der Waals surface area contributed by atoms with E-state index in [-0.39, 0.29) is 23.1 Å². The summed E-state index contributed by atoms with van der Waals surface area (Å²) in [5, 5.41) is 4.32. The molecule has 0 radical (unpaired) electrons. The molecule has 1 aliphatic rings. The maximum absolute atomic E-state index is 13.6. The number of primary amides is 1. The quantitative estimate of drug-likeness (QED) is 0.638. The fourth-order valence-corrected chi connectivity index (χ4v) is 4.45. The number of carbonyl (C=O) groups is 2. The van der Waals surface area contributed by atoms with Gasteiger partial charge in [-0.25, -0.2) is 14.3 Å². The van der Waals surface area contributed by atoms with Crippen LogP contribution in [0.5, 0.6) is 0 Å². The van der Waals surface area contributed by atoms with E-state index in [2.05, 4.69) is 15.1 Å². The molecule has 0 spiro atoms. The van der Waals surface area contributed by atoms with Crippen molar-refractivity contribution in [1.82, 2.24) is 24.5 Å². The zero-order valence-corrected chi connectivity index (χ0v) is 18.4. The Kier molecular flexibility index (Phi) is 5.45. The topological polar surface area (TPSA) is 142 Å². The Hall–Kier alpha value is -3.69. The van der Waals surface area contributed by atoms with Gasteiger partial charge >= 0.3 is 6.09 Å². The van der Waals surface area contributed by atoms with Gasteiger partial charge < -0.3 is 21.1 Å². The standard InChI is InChI=1S/C22H27N7O3/c1-22(2,3)18(32-21(24)31)14-6-9-28(11-14)20(30)15-10-16(13-4-7-25-8-5-13)29-17(15)19(23)26-12-27-29/h4-5,7-8,10,12,14,18H,6,9,11H2,1-3H3,(H2,24,31)(H2,23,26,27). The van der Waals surface area contributed by atoms with Gasteiger partial charge in [0.2, 0.25) is 0 Å². The van der Waals surface area contributed by atoms with E-state index in [0.717, 1.165) is 11.3 Å². The predicted octanol–water partition coefficient (Wildman–Crippen LogP) is 2.35. The van der Waals surface area contributed by atoms with Crippen LogP contribution >= 0.6 is 0 Å². The molecule has 4 heterocycles. The highest BCUT2D eigenvalue weighted by Gasteiger charge is 2.40. The Morgan fingerprint density at radius 2 is 1.97 bits per heavy atom. The van der Waals surface area contributed by atoms with Gasteiger partial charge in [0.05, 0.1) is 11.3 Å². The molecule has 32 heavy (non-hydrogen) atoms. The number of hydrogen-bond donors (Lipinski definition) is 2. The molecule has 2 atom stereocenters. The normalized spacial score (nSPS) is 17.5. The highest BCUT2D eigenvalue weighted by Crippen LogP contribution is 2.35. The molecule has 10 heteroatoms. The van der Waals surface area contributed by atoms with Crippen LogP contribution < -0.4 is 11.5 Å². The van der Waals surface area contributed by atoms with E-state index in [0.29, 0.717) is 30.6 Å². The van der Waals surface area contributed by atoms with Gasteiger partial charge in [0, 0.05) is 37.0 Å². The van der Waals surface area contributed by atoms with Crippen LogP contribution in [0.3, 0.4) is 0 Å². The third kappa shape index (κ3) is 3.95. The van der Waals surface area contributed by atoms with E-state index in [1.54, 1.807) is 27.9 Å². The van der Waals surface area contributed by atoms with Crippen LogP contribution in [0.25, 0.3) is 16.8 Å². The van der Waals surface area contributed by atoms with Crippen LogP contribution in [-0.4, -0.2) is 55.7 Å². The number of pyridine rings is 1. The summed E-state index contributed by atoms with van der Waals surface area (Å²) in [6.45, 7) is 6.96. The summed E-state index contributed by atoms with van der Waals surface area (Å²) >= 11 is 0. The summed E-state index contributed by atoms with van der Waals surface area (Å²) in [6, 6.07) is 5.47. The van der Waals surface area contributed by atoms with E-state index in [1.165, 1.54) is 6.33 Å². The third-order valence-corrected chi connectivity index (χ3v) is 5.83. The van der Waals surface area contributed by atoms with Crippen molar-refractivity contribution in [1.29, 1.82) is 0 Å². The van der Waals surface area contributed by atoms with Gasteiger partial charge in [0.15, 0.2) is 5.82 Å². The summed E-state index contributed by atoms with van der Waals surface area (Å²) in [6.07, 6.45) is 4.22. The van der Waals surface area contributed by atoms with Crippen molar-refractivity contribution >= 4 is 23.3 Å². The molecule has 10 nitrogen and oxygen atoms in total. The average molecular weight is 438 g/mol. The summed E-state index contributed by atoms with van der Waals surface area (Å²) in [4.78, 5) is 34.9. The highest BCUT2D eigenvalue weighted by molar-refractivity contribution is 6.05. The molecule has 0 bridgehead atoms. The molecule has 168 valence electrons. The number of nitrogens with zero attached hydrogens (tertiary/aromatic N) is 5. The number of rotatable bonds is 4.